The number of furan rings is 1. The summed E-state index contributed by atoms with van der Waals surface area (Å²) in [5.74, 6) is 1.44. The Labute approximate surface area is 171 Å². The molecule has 0 bridgehead atoms. The van der Waals surface area contributed by atoms with Gasteiger partial charge in [-0.15, -0.1) is 24.8 Å². The van der Waals surface area contributed by atoms with E-state index in [1.54, 1.807) is 12.4 Å². The highest BCUT2D eigenvalue weighted by Crippen LogP contribution is 2.35. The lowest BCUT2D eigenvalue weighted by Gasteiger charge is -2.32. The van der Waals surface area contributed by atoms with Crippen molar-refractivity contribution in [2.45, 2.75) is 31.2 Å². The minimum atomic E-state index is 0. The van der Waals surface area contributed by atoms with Gasteiger partial charge < -0.3 is 20.0 Å². The van der Waals surface area contributed by atoms with Gasteiger partial charge in [-0.2, -0.15) is 0 Å². The van der Waals surface area contributed by atoms with Gasteiger partial charge in [-0.1, -0.05) is 0 Å². The molecule has 3 heterocycles. The van der Waals surface area contributed by atoms with Gasteiger partial charge in [0.1, 0.15) is 18.4 Å². The van der Waals surface area contributed by atoms with E-state index < -0.39 is 0 Å². The number of nitrogens with zero attached hydrogens (tertiary/aromatic N) is 4. The first kappa shape index (κ1) is 21.5. The number of halogens is 2. The van der Waals surface area contributed by atoms with Crippen LogP contribution in [0.15, 0.2) is 35.4 Å². The summed E-state index contributed by atoms with van der Waals surface area (Å²) in [5.41, 5.74) is 7.59. The highest BCUT2D eigenvalue weighted by atomic mass is 35.5. The number of hydrogen-bond donors (Lipinski definition) is 1. The van der Waals surface area contributed by atoms with Gasteiger partial charge in [-0.25, -0.2) is 9.97 Å². The fourth-order valence-corrected chi connectivity index (χ4v) is 3.58. The van der Waals surface area contributed by atoms with Crippen molar-refractivity contribution in [3.8, 4) is 0 Å². The standard InChI is InChI=1S/C18H23N5O2.2ClH/c19-15-8-14(9-15)16-10-17(21-12-20-16)22-3-1-4-23(6-5-22)18(24)13-2-7-25-11-13;;/h2,7,10-12,14-15H,1,3-6,8-9,19H2;2*1H. The van der Waals surface area contributed by atoms with Crippen molar-refractivity contribution in [2.75, 3.05) is 31.1 Å². The third-order valence-electron chi connectivity index (χ3n) is 5.14. The molecule has 1 saturated heterocycles. The van der Waals surface area contributed by atoms with E-state index in [0.29, 0.717) is 24.1 Å². The van der Waals surface area contributed by atoms with Crippen molar-refractivity contribution in [3.63, 3.8) is 0 Å². The summed E-state index contributed by atoms with van der Waals surface area (Å²) < 4.78 is 5.02. The van der Waals surface area contributed by atoms with Crippen LogP contribution >= 0.6 is 24.8 Å². The van der Waals surface area contributed by atoms with Crippen molar-refractivity contribution >= 4 is 36.5 Å². The first-order chi connectivity index (χ1) is 12.2. The molecular weight excluding hydrogens is 389 g/mol. The van der Waals surface area contributed by atoms with Gasteiger partial charge in [0.25, 0.3) is 5.91 Å². The van der Waals surface area contributed by atoms with Crippen LogP contribution < -0.4 is 10.6 Å². The van der Waals surface area contributed by atoms with Crippen LogP contribution in [0.5, 0.6) is 0 Å². The SMILES string of the molecule is Cl.Cl.NC1CC(c2cc(N3CCCN(C(=O)c4ccoc4)CC3)ncn2)C1. The molecule has 2 aromatic heterocycles. The Hall–Kier alpha value is -1.83. The number of carbonyl (C=O) groups is 1. The van der Waals surface area contributed by atoms with E-state index in [-0.39, 0.29) is 30.7 Å². The van der Waals surface area contributed by atoms with E-state index in [1.165, 1.54) is 12.5 Å². The van der Waals surface area contributed by atoms with E-state index in [0.717, 1.165) is 50.4 Å². The average Bonchev–Trinajstić information content (AvgIpc) is 3.03. The number of anilines is 1. The lowest BCUT2D eigenvalue weighted by atomic mass is 9.78. The van der Waals surface area contributed by atoms with E-state index in [2.05, 4.69) is 20.9 Å². The first-order valence-corrected chi connectivity index (χ1v) is 8.84. The Morgan fingerprint density at radius 1 is 1.15 bits per heavy atom. The second kappa shape index (κ2) is 9.39. The van der Waals surface area contributed by atoms with Crippen molar-refractivity contribution in [2.24, 2.45) is 5.73 Å². The maximum absolute atomic E-state index is 12.5. The Morgan fingerprint density at radius 2 is 1.96 bits per heavy atom. The smallest absolute Gasteiger partial charge is 0.257 e. The molecular formula is C18H25Cl2N5O2. The second-order valence-electron chi connectivity index (χ2n) is 6.87. The van der Waals surface area contributed by atoms with Gasteiger partial charge >= 0.3 is 0 Å². The highest BCUT2D eigenvalue weighted by Gasteiger charge is 2.29. The summed E-state index contributed by atoms with van der Waals surface area (Å²) in [4.78, 5) is 25.5. The van der Waals surface area contributed by atoms with Gasteiger partial charge in [0.05, 0.1) is 11.8 Å². The largest absolute Gasteiger partial charge is 0.472 e. The van der Waals surface area contributed by atoms with Crippen LogP contribution in [0.25, 0.3) is 0 Å². The fraction of sp³-hybridized carbons (Fsp3) is 0.500. The van der Waals surface area contributed by atoms with Gasteiger partial charge in [0, 0.05) is 49.9 Å². The third kappa shape index (κ3) is 4.72. The highest BCUT2D eigenvalue weighted by molar-refractivity contribution is 5.93. The van der Waals surface area contributed by atoms with Gasteiger partial charge in [-0.05, 0) is 25.3 Å². The summed E-state index contributed by atoms with van der Waals surface area (Å²) in [6.45, 7) is 3.08. The zero-order chi connectivity index (χ0) is 17.2. The number of carbonyl (C=O) groups excluding carboxylic acids is 1. The Morgan fingerprint density at radius 3 is 2.67 bits per heavy atom. The lowest BCUT2D eigenvalue weighted by Crippen LogP contribution is -2.36. The molecule has 0 radical (unpaired) electrons. The molecule has 7 nitrogen and oxygen atoms in total. The molecule has 2 N–H and O–H groups in total. The third-order valence-corrected chi connectivity index (χ3v) is 5.14. The predicted octanol–water partition coefficient (Wildman–Crippen LogP) is 2.47. The molecule has 148 valence electrons. The molecule has 2 aliphatic rings. The predicted molar refractivity (Wildman–Crippen MR) is 108 cm³/mol. The monoisotopic (exact) mass is 413 g/mol. The van der Waals surface area contributed by atoms with Crippen LogP contribution in [0.2, 0.25) is 0 Å². The molecule has 0 spiro atoms. The summed E-state index contributed by atoms with van der Waals surface area (Å²) in [5, 5.41) is 0. The first-order valence-electron chi connectivity index (χ1n) is 8.84. The number of aromatic nitrogens is 2. The normalized spacial score (nSPS) is 22.1. The maximum Gasteiger partial charge on any atom is 0.257 e. The van der Waals surface area contributed by atoms with E-state index in [4.69, 9.17) is 10.2 Å². The van der Waals surface area contributed by atoms with Crippen molar-refractivity contribution < 1.29 is 9.21 Å². The maximum atomic E-state index is 12.5. The number of nitrogens with two attached hydrogens (primary N) is 1. The molecule has 0 atom stereocenters. The molecule has 9 heteroatoms. The topological polar surface area (TPSA) is 88.5 Å². The molecule has 0 unspecified atom stereocenters. The number of hydrogen-bond acceptors (Lipinski definition) is 6. The number of amides is 1. The minimum Gasteiger partial charge on any atom is -0.472 e. The van der Waals surface area contributed by atoms with Gasteiger partial charge in [0.2, 0.25) is 0 Å². The lowest BCUT2D eigenvalue weighted by molar-refractivity contribution is 0.0766. The molecule has 4 rings (SSSR count). The quantitative estimate of drug-likeness (QED) is 0.830. The zero-order valence-electron chi connectivity index (χ0n) is 15.0. The molecule has 2 fully saturated rings. The van der Waals surface area contributed by atoms with Crippen LogP contribution in [0.3, 0.4) is 0 Å². The molecule has 1 amide bonds. The molecule has 1 saturated carbocycles. The van der Waals surface area contributed by atoms with Crippen molar-refractivity contribution in [1.82, 2.24) is 14.9 Å². The van der Waals surface area contributed by atoms with Crippen molar-refractivity contribution in [3.05, 3.63) is 42.2 Å². The fourth-order valence-electron chi connectivity index (χ4n) is 3.58. The summed E-state index contributed by atoms with van der Waals surface area (Å²) >= 11 is 0. The molecule has 27 heavy (non-hydrogen) atoms. The van der Waals surface area contributed by atoms with Gasteiger partial charge in [-0.3, -0.25) is 4.79 Å². The minimum absolute atomic E-state index is 0. The van der Waals surface area contributed by atoms with Crippen molar-refractivity contribution in [1.29, 1.82) is 0 Å². The van der Waals surface area contributed by atoms with Crippen LogP contribution in [-0.2, 0) is 0 Å². The van der Waals surface area contributed by atoms with Crippen LogP contribution in [0.1, 0.15) is 41.2 Å². The Balaban J connectivity index is 0.00000131. The second-order valence-corrected chi connectivity index (χ2v) is 6.87. The Bertz CT molecular complexity index is 737. The van der Waals surface area contributed by atoms with Crippen LogP contribution in [0.4, 0.5) is 5.82 Å². The summed E-state index contributed by atoms with van der Waals surface area (Å²) in [7, 11) is 0. The molecule has 2 aromatic rings. The Kier molecular flexibility index (Phi) is 7.47. The van der Waals surface area contributed by atoms with E-state index in [9.17, 15) is 4.79 Å². The zero-order valence-corrected chi connectivity index (χ0v) is 16.6. The molecule has 1 aliphatic heterocycles. The van der Waals surface area contributed by atoms with E-state index in [1.807, 2.05) is 4.90 Å². The van der Waals surface area contributed by atoms with Gasteiger partial charge in [0.15, 0.2) is 0 Å². The number of rotatable bonds is 3. The van der Waals surface area contributed by atoms with E-state index >= 15 is 0 Å². The molecule has 0 aromatic carbocycles. The average molecular weight is 414 g/mol. The van der Waals surface area contributed by atoms with Crippen LogP contribution in [-0.4, -0.2) is 53.0 Å². The van der Waals surface area contributed by atoms with Crippen LogP contribution in [0, 0.1) is 0 Å². The molecule has 1 aliphatic carbocycles. The summed E-state index contributed by atoms with van der Waals surface area (Å²) in [6.07, 6.45) is 7.61. The summed E-state index contributed by atoms with van der Waals surface area (Å²) in [6, 6.07) is 4.11.